The summed E-state index contributed by atoms with van der Waals surface area (Å²) in [6, 6.07) is 1.48. The van der Waals surface area contributed by atoms with E-state index in [1.54, 1.807) is 41.5 Å². The minimum absolute atomic E-state index is 0.0883. The molecule has 0 radical (unpaired) electrons. The number of rotatable bonds is 1. The van der Waals surface area contributed by atoms with E-state index < -0.39 is 23.4 Å². The number of anilines is 1. The molecule has 0 aromatic carbocycles. The van der Waals surface area contributed by atoms with Crippen LogP contribution in [-0.4, -0.2) is 33.6 Å². The quantitative estimate of drug-likeness (QED) is 0.820. The molecule has 7 nitrogen and oxygen atoms in total. The number of carbonyl (C=O) groups is 2. The van der Waals surface area contributed by atoms with Gasteiger partial charge in [0.1, 0.15) is 15.8 Å². The molecule has 0 unspecified atom stereocenters. The Morgan fingerprint density at radius 2 is 1.52 bits per heavy atom. The Kier molecular flexibility index (Phi) is 5.03. The molecule has 1 rings (SSSR count). The lowest BCUT2D eigenvalue weighted by Crippen LogP contribution is -2.44. The lowest BCUT2D eigenvalue weighted by molar-refractivity contribution is 0.0429. The minimum Gasteiger partial charge on any atom is -0.443 e. The number of hydrogen-bond donors (Lipinski definition) is 1. The van der Waals surface area contributed by atoms with Gasteiger partial charge in [-0.25, -0.2) is 9.59 Å². The first-order valence-corrected chi connectivity index (χ1v) is 7.15. The molecule has 1 N–H and O–H groups in total. The maximum Gasteiger partial charge on any atom is 0.425 e. The predicted molar refractivity (Wildman–Crippen MR) is 81.2 cm³/mol. The fourth-order valence-electron chi connectivity index (χ4n) is 1.28. The lowest BCUT2D eigenvalue weighted by atomic mass is 10.2. The number of carbonyl (C=O) groups excluding carboxylic acids is 2. The van der Waals surface area contributed by atoms with E-state index in [0.717, 1.165) is 4.90 Å². The van der Waals surface area contributed by atoms with Gasteiger partial charge in [-0.1, -0.05) is 0 Å². The Morgan fingerprint density at radius 3 is 1.81 bits per heavy atom. The van der Waals surface area contributed by atoms with Crippen LogP contribution in [0.15, 0.2) is 10.7 Å². The van der Waals surface area contributed by atoms with Crippen LogP contribution in [-0.2, 0) is 9.47 Å². The normalized spacial score (nSPS) is 12.0. The largest absolute Gasteiger partial charge is 0.443 e. The zero-order valence-electron chi connectivity index (χ0n) is 13.0. The van der Waals surface area contributed by atoms with Gasteiger partial charge in [0, 0.05) is 6.07 Å². The predicted octanol–water partition coefficient (Wildman–Crippen LogP) is 3.85. The van der Waals surface area contributed by atoms with Crippen LogP contribution in [0.4, 0.5) is 15.4 Å². The summed E-state index contributed by atoms with van der Waals surface area (Å²) in [7, 11) is 0. The first-order valence-electron chi connectivity index (χ1n) is 6.36. The summed E-state index contributed by atoms with van der Waals surface area (Å²) in [6.45, 7) is 10.2. The van der Waals surface area contributed by atoms with Gasteiger partial charge in [-0.15, -0.1) is 0 Å². The molecular formula is C13H20BrN3O4. The Hall–Kier alpha value is -1.57. The van der Waals surface area contributed by atoms with Crippen molar-refractivity contribution < 1.29 is 19.1 Å². The summed E-state index contributed by atoms with van der Waals surface area (Å²) in [5.74, 6) is 0.0883. The third kappa shape index (κ3) is 5.74. The van der Waals surface area contributed by atoms with Gasteiger partial charge in [0.2, 0.25) is 0 Å². The van der Waals surface area contributed by atoms with Gasteiger partial charge in [0.15, 0.2) is 5.82 Å². The summed E-state index contributed by atoms with van der Waals surface area (Å²) in [5.41, 5.74) is -1.49. The molecule has 0 saturated heterocycles. The van der Waals surface area contributed by atoms with Crippen LogP contribution in [0.5, 0.6) is 0 Å². The van der Waals surface area contributed by atoms with Crippen LogP contribution in [0, 0.1) is 0 Å². The van der Waals surface area contributed by atoms with Crippen LogP contribution >= 0.6 is 15.9 Å². The number of amides is 2. The van der Waals surface area contributed by atoms with Crippen molar-refractivity contribution in [1.82, 2.24) is 10.2 Å². The number of halogens is 1. The van der Waals surface area contributed by atoms with Crippen molar-refractivity contribution in [3.8, 4) is 0 Å². The van der Waals surface area contributed by atoms with Crippen molar-refractivity contribution >= 4 is 33.9 Å². The molecule has 0 fully saturated rings. The first-order chi connectivity index (χ1) is 9.39. The van der Waals surface area contributed by atoms with Crippen LogP contribution in [0.2, 0.25) is 0 Å². The van der Waals surface area contributed by atoms with Crippen molar-refractivity contribution in [3.05, 3.63) is 10.7 Å². The van der Waals surface area contributed by atoms with Gasteiger partial charge in [-0.2, -0.15) is 10.00 Å². The van der Waals surface area contributed by atoms with Crippen molar-refractivity contribution in [2.45, 2.75) is 52.7 Å². The fourth-order valence-corrected chi connectivity index (χ4v) is 1.57. The average molecular weight is 362 g/mol. The van der Waals surface area contributed by atoms with E-state index in [9.17, 15) is 9.59 Å². The van der Waals surface area contributed by atoms with Crippen LogP contribution in [0.25, 0.3) is 0 Å². The molecule has 0 bridgehead atoms. The van der Waals surface area contributed by atoms with E-state index in [1.807, 2.05) is 0 Å². The Labute approximate surface area is 132 Å². The minimum atomic E-state index is -0.851. The number of aromatic amines is 1. The van der Waals surface area contributed by atoms with Crippen LogP contribution < -0.4 is 4.90 Å². The third-order valence-electron chi connectivity index (χ3n) is 1.91. The van der Waals surface area contributed by atoms with E-state index in [4.69, 9.17) is 9.47 Å². The van der Waals surface area contributed by atoms with Gasteiger partial charge in [-0.05, 0) is 57.5 Å². The van der Waals surface area contributed by atoms with Gasteiger partial charge in [-0.3, -0.25) is 5.10 Å². The van der Waals surface area contributed by atoms with Crippen molar-refractivity contribution in [1.29, 1.82) is 0 Å². The topological polar surface area (TPSA) is 84.5 Å². The molecule has 0 aliphatic rings. The van der Waals surface area contributed by atoms with E-state index in [2.05, 4.69) is 26.1 Å². The molecule has 0 aliphatic carbocycles. The van der Waals surface area contributed by atoms with E-state index in [-0.39, 0.29) is 5.82 Å². The van der Waals surface area contributed by atoms with E-state index in [0.29, 0.717) is 4.60 Å². The van der Waals surface area contributed by atoms with Crippen molar-refractivity contribution in [2.75, 3.05) is 4.90 Å². The van der Waals surface area contributed by atoms with Crippen LogP contribution in [0.1, 0.15) is 41.5 Å². The second-order valence-corrected chi connectivity index (χ2v) is 7.22. The highest BCUT2D eigenvalue weighted by Crippen LogP contribution is 2.22. The summed E-state index contributed by atoms with van der Waals surface area (Å²) in [4.78, 5) is 25.2. The number of hydrogen-bond acceptors (Lipinski definition) is 5. The number of imide groups is 1. The zero-order chi connectivity index (χ0) is 16.4. The van der Waals surface area contributed by atoms with Crippen LogP contribution in [0.3, 0.4) is 0 Å². The molecule has 0 saturated carbocycles. The van der Waals surface area contributed by atoms with Gasteiger partial charge >= 0.3 is 12.2 Å². The molecule has 1 aromatic heterocycles. The molecule has 0 spiro atoms. The summed E-state index contributed by atoms with van der Waals surface area (Å²) < 4.78 is 11.0. The van der Waals surface area contributed by atoms with Gasteiger partial charge < -0.3 is 9.47 Å². The first kappa shape index (κ1) is 17.5. The molecule has 0 aliphatic heterocycles. The fraction of sp³-hybridized carbons (Fsp3) is 0.615. The second kappa shape index (κ2) is 6.05. The number of nitrogens with zero attached hydrogens (tertiary/aromatic N) is 2. The lowest BCUT2D eigenvalue weighted by Gasteiger charge is -2.27. The molecule has 2 amide bonds. The van der Waals surface area contributed by atoms with Gasteiger partial charge in [0.05, 0.1) is 0 Å². The summed E-state index contributed by atoms with van der Waals surface area (Å²) >= 11 is 3.17. The Morgan fingerprint density at radius 1 is 1.10 bits per heavy atom. The van der Waals surface area contributed by atoms with Crippen molar-refractivity contribution in [2.24, 2.45) is 0 Å². The van der Waals surface area contributed by atoms with E-state index >= 15 is 0 Å². The molecule has 8 heteroatoms. The van der Waals surface area contributed by atoms with Gasteiger partial charge in [0.25, 0.3) is 0 Å². The highest BCUT2D eigenvalue weighted by atomic mass is 79.9. The van der Waals surface area contributed by atoms with E-state index in [1.165, 1.54) is 6.07 Å². The SMILES string of the molecule is CC(C)(C)OC(=O)N(C(=O)OC(C)(C)C)c1cc(Br)[nH]n1. The Balaban J connectivity index is 3.06. The summed E-state index contributed by atoms with van der Waals surface area (Å²) in [5, 5.41) is 6.46. The highest BCUT2D eigenvalue weighted by Gasteiger charge is 2.34. The number of ether oxygens (including phenoxy) is 2. The smallest absolute Gasteiger partial charge is 0.425 e. The zero-order valence-corrected chi connectivity index (χ0v) is 14.6. The standard InChI is InChI=1S/C13H20BrN3O4/c1-12(2,3)20-10(18)17(9-7-8(14)15-16-9)11(19)21-13(4,5)6/h7H,1-6H3,(H,15,16). The molecule has 0 atom stereocenters. The molecule has 21 heavy (non-hydrogen) atoms. The maximum absolute atomic E-state index is 12.2. The second-order valence-electron chi connectivity index (χ2n) is 6.37. The molecule has 1 aromatic rings. The maximum atomic E-state index is 12.2. The number of H-pyrrole nitrogens is 1. The molecule has 118 valence electrons. The number of nitrogens with one attached hydrogen (secondary N) is 1. The average Bonchev–Trinajstić information content (AvgIpc) is 2.58. The summed E-state index contributed by atoms with van der Waals surface area (Å²) in [6.07, 6.45) is -1.70. The number of aromatic nitrogens is 2. The molecule has 1 heterocycles. The highest BCUT2D eigenvalue weighted by molar-refractivity contribution is 9.10. The Bertz CT molecular complexity index is 500. The molecular weight excluding hydrogens is 342 g/mol. The third-order valence-corrected chi connectivity index (χ3v) is 2.32. The van der Waals surface area contributed by atoms with Crippen molar-refractivity contribution in [3.63, 3.8) is 0 Å². The monoisotopic (exact) mass is 361 g/mol.